The number of aromatic nitrogens is 5. The molecule has 0 bridgehead atoms. The van der Waals surface area contributed by atoms with E-state index in [0.29, 0.717) is 21.5 Å². The smallest absolute Gasteiger partial charge is 0.242 e. The molecule has 4 heterocycles. The van der Waals surface area contributed by atoms with E-state index in [1.807, 2.05) is 23.1 Å². The van der Waals surface area contributed by atoms with Crippen LogP contribution < -0.4 is 0 Å². The van der Waals surface area contributed by atoms with E-state index in [4.69, 9.17) is 23.8 Å². The SMILES string of the molecule is O=C(Cn1c(-c2ccc(Cl)cc2)n[nH]c1=S)N1CCC(c2c[nH]c3ncccc23)CC1. The van der Waals surface area contributed by atoms with Gasteiger partial charge in [0.15, 0.2) is 10.6 Å². The number of nitrogens with zero attached hydrogens (tertiary/aromatic N) is 4. The number of H-pyrrole nitrogens is 2. The molecule has 0 aliphatic carbocycles. The highest BCUT2D eigenvalue weighted by Gasteiger charge is 2.26. The van der Waals surface area contributed by atoms with Crippen molar-refractivity contribution in [2.45, 2.75) is 25.3 Å². The molecule has 0 unspecified atom stereocenters. The second-order valence-corrected chi connectivity index (χ2v) is 8.57. The minimum absolute atomic E-state index is 0.0479. The molecule has 1 aliphatic heterocycles. The average molecular weight is 453 g/mol. The summed E-state index contributed by atoms with van der Waals surface area (Å²) in [6.45, 7) is 1.60. The summed E-state index contributed by atoms with van der Waals surface area (Å²) < 4.78 is 2.18. The van der Waals surface area contributed by atoms with Crippen LogP contribution in [-0.4, -0.2) is 48.6 Å². The van der Waals surface area contributed by atoms with Crippen LogP contribution >= 0.6 is 23.8 Å². The van der Waals surface area contributed by atoms with Gasteiger partial charge in [-0.2, -0.15) is 5.10 Å². The molecule has 1 aromatic carbocycles. The molecular formula is C22H21ClN6OS. The Morgan fingerprint density at radius 2 is 1.97 bits per heavy atom. The first-order chi connectivity index (χ1) is 15.1. The van der Waals surface area contributed by atoms with Gasteiger partial charge in [0, 0.05) is 41.5 Å². The lowest BCUT2D eigenvalue weighted by molar-refractivity contribution is -0.132. The maximum absolute atomic E-state index is 13.0. The van der Waals surface area contributed by atoms with Crippen molar-refractivity contribution in [2.75, 3.05) is 13.1 Å². The van der Waals surface area contributed by atoms with Crippen LogP contribution in [0.1, 0.15) is 24.3 Å². The lowest BCUT2D eigenvalue weighted by Gasteiger charge is -2.32. The number of amides is 1. The molecule has 31 heavy (non-hydrogen) atoms. The monoisotopic (exact) mass is 452 g/mol. The van der Waals surface area contributed by atoms with E-state index in [2.05, 4.69) is 32.4 Å². The Kier molecular flexibility index (Phi) is 5.33. The van der Waals surface area contributed by atoms with Crippen LogP contribution in [0.4, 0.5) is 0 Å². The Hall–Kier alpha value is -2.97. The van der Waals surface area contributed by atoms with Crippen molar-refractivity contribution < 1.29 is 4.79 Å². The summed E-state index contributed by atoms with van der Waals surface area (Å²) in [7, 11) is 0. The number of aromatic amines is 2. The molecule has 158 valence electrons. The van der Waals surface area contributed by atoms with Crippen LogP contribution in [0.3, 0.4) is 0 Å². The number of piperidine rings is 1. The molecule has 0 radical (unpaired) electrons. The minimum atomic E-state index is 0.0479. The number of halogens is 1. The summed E-state index contributed by atoms with van der Waals surface area (Å²) in [5, 5.41) is 8.93. The molecule has 1 amide bonds. The number of rotatable bonds is 4. The largest absolute Gasteiger partial charge is 0.346 e. The predicted molar refractivity (Wildman–Crippen MR) is 123 cm³/mol. The summed E-state index contributed by atoms with van der Waals surface area (Å²) in [4.78, 5) is 22.6. The molecule has 0 atom stereocenters. The van der Waals surface area contributed by atoms with Gasteiger partial charge in [0.25, 0.3) is 0 Å². The quantitative estimate of drug-likeness (QED) is 0.445. The fraction of sp³-hybridized carbons (Fsp3) is 0.273. The summed E-state index contributed by atoms with van der Waals surface area (Å²) in [6, 6.07) is 11.4. The molecule has 5 rings (SSSR count). The minimum Gasteiger partial charge on any atom is -0.346 e. The summed E-state index contributed by atoms with van der Waals surface area (Å²) in [6.07, 6.45) is 5.70. The Morgan fingerprint density at radius 3 is 2.74 bits per heavy atom. The molecule has 0 saturated carbocycles. The second kappa shape index (κ2) is 8.28. The zero-order valence-corrected chi connectivity index (χ0v) is 18.3. The number of benzene rings is 1. The van der Waals surface area contributed by atoms with E-state index in [0.717, 1.165) is 37.1 Å². The van der Waals surface area contributed by atoms with E-state index < -0.39 is 0 Å². The molecule has 4 aromatic rings. The van der Waals surface area contributed by atoms with Crippen molar-refractivity contribution in [3.05, 3.63) is 64.1 Å². The van der Waals surface area contributed by atoms with Gasteiger partial charge in [-0.05, 0) is 72.9 Å². The highest BCUT2D eigenvalue weighted by atomic mass is 35.5. The van der Waals surface area contributed by atoms with Gasteiger partial charge in [-0.1, -0.05) is 11.6 Å². The average Bonchev–Trinajstić information content (AvgIpc) is 3.38. The van der Waals surface area contributed by atoms with Crippen molar-refractivity contribution in [2.24, 2.45) is 0 Å². The second-order valence-electron chi connectivity index (χ2n) is 7.74. The molecule has 2 N–H and O–H groups in total. The number of pyridine rings is 1. The van der Waals surface area contributed by atoms with Crippen LogP contribution in [0.2, 0.25) is 5.02 Å². The molecule has 3 aromatic heterocycles. The van der Waals surface area contributed by atoms with Crippen molar-refractivity contribution >= 4 is 40.8 Å². The molecule has 1 fully saturated rings. The van der Waals surface area contributed by atoms with Gasteiger partial charge in [0.2, 0.25) is 5.91 Å². The normalized spacial score (nSPS) is 14.9. The van der Waals surface area contributed by atoms with E-state index in [9.17, 15) is 4.79 Å². The van der Waals surface area contributed by atoms with Gasteiger partial charge >= 0.3 is 0 Å². The van der Waals surface area contributed by atoms with Crippen LogP contribution in [0.15, 0.2) is 48.8 Å². The first kappa shape index (κ1) is 20.0. The van der Waals surface area contributed by atoms with Crippen molar-refractivity contribution in [3.63, 3.8) is 0 Å². The fourth-order valence-corrected chi connectivity index (χ4v) is 4.60. The number of nitrogens with one attached hydrogen (secondary N) is 2. The zero-order valence-electron chi connectivity index (χ0n) is 16.7. The molecular weight excluding hydrogens is 432 g/mol. The van der Waals surface area contributed by atoms with Gasteiger partial charge in [-0.3, -0.25) is 14.5 Å². The van der Waals surface area contributed by atoms with Crippen molar-refractivity contribution in [3.8, 4) is 11.4 Å². The molecule has 1 saturated heterocycles. The van der Waals surface area contributed by atoms with Gasteiger partial charge in [-0.15, -0.1) is 0 Å². The van der Waals surface area contributed by atoms with Gasteiger partial charge < -0.3 is 9.88 Å². The van der Waals surface area contributed by atoms with E-state index >= 15 is 0 Å². The summed E-state index contributed by atoms with van der Waals surface area (Å²) >= 11 is 11.4. The van der Waals surface area contributed by atoms with Gasteiger partial charge in [0.1, 0.15) is 12.2 Å². The maximum atomic E-state index is 13.0. The Morgan fingerprint density at radius 1 is 1.19 bits per heavy atom. The Labute approximate surface area is 189 Å². The number of fused-ring (bicyclic) bond motifs is 1. The van der Waals surface area contributed by atoms with Crippen LogP contribution in [0.25, 0.3) is 22.4 Å². The summed E-state index contributed by atoms with van der Waals surface area (Å²) in [5.74, 6) is 1.10. The molecule has 7 nitrogen and oxygen atoms in total. The number of carbonyl (C=O) groups is 1. The molecule has 0 spiro atoms. The Bertz CT molecular complexity index is 1280. The van der Waals surface area contributed by atoms with Crippen molar-refractivity contribution in [1.82, 2.24) is 29.6 Å². The van der Waals surface area contributed by atoms with Crippen LogP contribution in [0.5, 0.6) is 0 Å². The van der Waals surface area contributed by atoms with Gasteiger partial charge in [0.05, 0.1) is 0 Å². The lowest BCUT2D eigenvalue weighted by atomic mass is 9.89. The number of hydrogen-bond donors (Lipinski definition) is 2. The standard InChI is InChI=1S/C22H21ClN6OS/c23-16-5-3-15(4-6-16)21-26-27-22(31)29(21)13-19(30)28-10-7-14(8-11-28)18-12-25-20-17(18)2-1-9-24-20/h1-6,9,12,14H,7-8,10-11,13H2,(H,24,25)(H,27,31). The highest BCUT2D eigenvalue weighted by molar-refractivity contribution is 7.71. The third-order valence-corrected chi connectivity index (χ3v) is 6.49. The third-order valence-electron chi connectivity index (χ3n) is 5.92. The summed E-state index contributed by atoms with van der Waals surface area (Å²) in [5.41, 5.74) is 3.06. The first-order valence-electron chi connectivity index (χ1n) is 10.2. The van der Waals surface area contributed by atoms with E-state index in [-0.39, 0.29) is 12.5 Å². The topological polar surface area (TPSA) is 82.6 Å². The number of carbonyl (C=O) groups excluding carboxylic acids is 1. The predicted octanol–water partition coefficient (Wildman–Crippen LogP) is 4.54. The number of hydrogen-bond acceptors (Lipinski definition) is 4. The molecule has 1 aliphatic rings. The van der Waals surface area contributed by atoms with E-state index in [1.54, 1.807) is 22.9 Å². The highest BCUT2D eigenvalue weighted by Crippen LogP contribution is 2.32. The number of likely N-dealkylation sites (tertiary alicyclic amines) is 1. The van der Waals surface area contributed by atoms with E-state index in [1.165, 1.54) is 10.9 Å². The van der Waals surface area contributed by atoms with Crippen LogP contribution in [-0.2, 0) is 11.3 Å². The lowest BCUT2D eigenvalue weighted by Crippen LogP contribution is -2.39. The van der Waals surface area contributed by atoms with Crippen molar-refractivity contribution in [1.29, 1.82) is 0 Å². The Balaban J connectivity index is 1.28. The van der Waals surface area contributed by atoms with Crippen LogP contribution in [0, 0.1) is 4.77 Å². The molecule has 9 heteroatoms. The maximum Gasteiger partial charge on any atom is 0.242 e. The fourth-order valence-electron chi connectivity index (χ4n) is 4.27. The van der Waals surface area contributed by atoms with Gasteiger partial charge in [-0.25, -0.2) is 4.98 Å². The first-order valence-corrected chi connectivity index (χ1v) is 11.0. The third kappa shape index (κ3) is 3.88. The zero-order chi connectivity index (χ0) is 21.4.